The van der Waals surface area contributed by atoms with Gasteiger partial charge in [0.05, 0.1) is 36.4 Å². The van der Waals surface area contributed by atoms with Gasteiger partial charge in [0.15, 0.2) is 0 Å². The summed E-state index contributed by atoms with van der Waals surface area (Å²) in [5.74, 6) is -0.654. The summed E-state index contributed by atoms with van der Waals surface area (Å²) in [6, 6.07) is 8.92. The number of rotatable bonds is 6. The van der Waals surface area contributed by atoms with Crippen LogP contribution in [-0.4, -0.2) is 34.2 Å². The van der Waals surface area contributed by atoms with Gasteiger partial charge in [0.25, 0.3) is 0 Å². The van der Waals surface area contributed by atoms with Crippen LogP contribution in [0.5, 0.6) is 0 Å². The van der Waals surface area contributed by atoms with Gasteiger partial charge in [-0.1, -0.05) is 32.0 Å². The molecule has 0 bridgehead atoms. The molecule has 0 saturated carbocycles. The molecule has 0 spiro atoms. The number of aromatic nitrogens is 2. The lowest BCUT2D eigenvalue weighted by atomic mass is 10.1. The Morgan fingerprint density at radius 3 is 2.61 bits per heavy atom. The highest BCUT2D eigenvalue weighted by Crippen LogP contribution is 2.10. The molecule has 7 heteroatoms. The summed E-state index contributed by atoms with van der Waals surface area (Å²) in [7, 11) is 0. The summed E-state index contributed by atoms with van der Waals surface area (Å²) in [6.45, 7) is 3.57. The molecular formula is C16H21N5O2. The normalized spacial score (nSPS) is 12.0. The Morgan fingerprint density at radius 2 is 1.96 bits per heavy atom. The number of benzene rings is 1. The number of nitrogens with zero attached hydrogens (tertiary/aromatic N) is 2. The molecule has 1 atom stereocenters. The van der Waals surface area contributed by atoms with Crippen LogP contribution in [0, 0.1) is 5.92 Å². The first kappa shape index (κ1) is 16.7. The molecule has 2 amide bonds. The number of nitrogens with two attached hydrogens (primary N) is 1. The van der Waals surface area contributed by atoms with Crippen LogP contribution in [0.2, 0.25) is 0 Å². The van der Waals surface area contributed by atoms with Crippen LogP contribution >= 0.6 is 0 Å². The summed E-state index contributed by atoms with van der Waals surface area (Å²) in [5, 5.41) is 9.38. The summed E-state index contributed by atoms with van der Waals surface area (Å²) in [6.07, 6.45) is 3.25. The zero-order valence-corrected chi connectivity index (χ0v) is 13.2. The molecule has 0 fully saturated rings. The van der Waals surface area contributed by atoms with Crippen molar-refractivity contribution in [2.24, 2.45) is 11.7 Å². The van der Waals surface area contributed by atoms with Crippen LogP contribution < -0.4 is 16.4 Å². The maximum absolute atomic E-state index is 11.9. The van der Waals surface area contributed by atoms with Gasteiger partial charge < -0.3 is 16.4 Å². The van der Waals surface area contributed by atoms with Crippen LogP contribution in [0.1, 0.15) is 13.8 Å². The second-order valence-corrected chi connectivity index (χ2v) is 5.54. The summed E-state index contributed by atoms with van der Waals surface area (Å²) < 4.78 is 1.66. The van der Waals surface area contributed by atoms with E-state index in [0.29, 0.717) is 5.69 Å². The quantitative estimate of drug-likeness (QED) is 0.737. The molecule has 2 rings (SSSR count). The van der Waals surface area contributed by atoms with E-state index in [0.717, 1.165) is 5.69 Å². The van der Waals surface area contributed by atoms with Gasteiger partial charge in [-0.15, -0.1) is 0 Å². The first-order valence-electron chi connectivity index (χ1n) is 7.40. The minimum atomic E-state index is -0.622. The SMILES string of the molecule is CC(C)[C@H](N)C(=O)NCC(=O)Nc1cnn(-c2ccccc2)c1. The van der Waals surface area contributed by atoms with E-state index in [2.05, 4.69) is 15.7 Å². The lowest BCUT2D eigenvalue weighted by molar-refractivity contribution is -0.125. The van der Waals surface area contributed by atoms with E-state index in [-0.39, 0.29) is 24.3 Å². The van der Waals surface area contributed by atoms with E-state index in [1.54, 1.807) is 17.1 Å². The van der Waals surface area contributed by atoms with Gasteiger partial charge in [-0.2, -0.15) is 5.10 Å². The first-order chi connectivity index (χ1) is 11.0. The van der Waals surface area contributed by atoms with Crippen molar-refractivity contribution in [3.63, 3.8) is 0 Å². The average Bonchev–Trinajstić information content (AvgIpc) is 3.01. The molecule has 122 valence electrons. The summed E-state index contributed by atoms with van der Waals surface area (Å²) in [5.41, 5.74) is 7.16. The maximum Gasteiger partial charge on any atom is 0.243 e. The average molecular weight is 315 g/mol. The van der Waals surface area contributed by atoms with Crippen LogP contribution in [0.3, 0.4) is 0 Å². The lowest BCUT2D eigenvalue weighted by Crippen LogP contribution is -2.46. The highest BCUT2D eigenvalue weighted by molar-refractivity contribution is 5.95. The fourth-order valence-corrected chi connectivity index (χ4v) is 1.90. The standard InChI is InChI=1S/C16H21N5O2/c1-11(2)15(17)16(23)18-9-14(22)20-12-8-19-21(10-12)13-6-4-3-5-7-13/h3-8,10-11,15H,9,17H2,1-2H3,(H,18,23)(H,20,22)/t15-/m0/s1. The number of carbonyl (C=O) groups is 2. The minimum absolute atomic E-state index is 0.0159. The third-order valence-corrected chi connectivity index (χ3v) is 3.33. The largest absolute Gasteiger partial charge is 0.346 e. The van der Waals surface area contributed by atoms with Gasteiger partial charge in [0, 0.05) is 0 Å². The van der Waals surface area contributed by atoms with Crippen molar-refractivity contribution in [2.45, 2.75) is 19.9 Å². The number of hydrogen-bond donors (Lipinski definition) is 3. The number of nitrogens with one attached hydrogen (secondary N) is 2. The van der Waals surface area contributed by atoms with Crippen LogP contribution in [0.15, 0.2) is 42.7 Å². The molecule has 1 aromatic carbocycles. The van der Waals surface area contributed by atoms with Gasteiger partial charge in [-0.25, -0.2) is 4.68 Å². The highest BCUT2D eigenvalue weighted by atomic mass is 16.2. The first-order valence-corrected chi connectivity index (χ1v) is 7.40. The number of amides is 2. The third kappa shape index (κ3) is 4.65. The Bertz CT molecular complexity index is 666. The molecule has 0 unspecified atom stereocenters. The van der Waals surface area contributed by atoms with Crippen LogP contribution in [0.4, 0.5) is 5.69 Å². The molecule has 1 heterocycles. The fraction of sp³-hybridized carbons (Fsp3) is 0.312. The highest BCUT2D eigenvalue weighted by Gasteiger charge is 2.17. The van der Waals surface area contributed by atoms with E-state index in [9.17, 15) is 9.59 Å². The fourth-order valence-electron chi connectivity index (χ4n) is 1.90. The molecular weight excluding hydrogens is 294 g/mol. The molecule has 0 aliphatic rings. The van der Waals surface area contributed by atoms with E-state index < -0.39 is 6.04 Å². The van der Waals surface area contributed by atoms with Gasteiger partial charge >= 0.3 is 0 Å². The van der Waals surface area contributed by atoms with E-state index in [1.807, 2.05) is 44.2 Å². The topological polar surface area (TPSA) is 102 Å². The Hall–Kier alpha value is -2.67. The molecule has 0 aliphatic carbocycles. The van der Waals surface area contributed by atoms with Gasteiger partial charge in [-0.3, -0.25) is 9.59 Å². The molecule has 7 nitrogen and oxygen atoms in total. The molecule has 1 aromatic heterocycles. The van der Waals surface area contributed by atoms with Crippen molar-refractivity contribution in [1.29, 1.82) is 0 Å². The maximum atomic E-state index is 11.9. The second-order valence-electron chi connectivity index (χ2n) is 5.54. The second kappa shape index (κ2) is 7.55. The molecule has 0 saturated heterocycles. The van der Waals surface area contributed by atoms with Crippen molar-refractivity contribution >= 4 is 17.5 Å². The van der Waals surface area contributed by atoms with E-state index in [4.69, 9.17) is 5.73 Å². The third-order valence-electron chi connectivity index (χ3n) is 3.33. The predicted octanol–water partition coefficient (Wildman–Crippen LogP) is 0.910. The Kier molecular flexibility index (Phi) is 5.48. The van der Waals surface area contributed by atoms with Crippen LogP contribution in [-0.2, 0) is 9.59 Å². The number of para-hydroxylation sites is 1. The number of hydrogen-bond acceptors (Lipinski definition) is 4. The van der Waals surface area contributed by atoms with E-state index >= 15 is 0 Å². The number of anilines is 1. The van der Waals surface area contributed by atoms with Crippen molar-refractivity contribution in [3.05, 3.63) is 42.7 Å². The van der Waals surface area contributed by atoms with Crippen molar-refractivity contribution in [1.82, 2.24) is 15.1 Å². The van der Waals surface area contributed by atoms with Crippen molar-refractivity contribution in [3.8, 4) is 5.69 Å². The molecule has 2 aromatic rings. The van der Waals surface area contributed by atoms with Gasteiger partial charge in [0.1, 0.15) is 0 Å². The Morgan fingerprint density at radius 1 is 1.26 bits per heavy atom. The van der Waals surface area contributed by atoms with Gasteiger partial charge in [0.2, 0.25) is 11.8 Å². The molecule has 0 aliphatic heterocycles. The monoisotopic (exact) mass is 315 g/mol. The zero-order chi connectivity index (χ0) is 16.8. The molecule has 4 N–H and O–H groups in total. The molecule has 0 radical (unpaired) electrons. The van der Waals surface area contributed by atoms with Crippen LogP contribution in [0.25, 0.3) is 5.69 Å². The summed E-state index contributed by atoms with van der Waals surface area (Å²) in [4.78, 5) is 23.5. The predicted molar refractivity (Wildman–Crippen MR) is 88.0 cm³/mol. The zero-order valence-electron chi connectivity index (χ0n) is 13.2. The smallest absolute Gasteiger partial charge is 0.243 e. The van der Waals surface area contributed by atoms with Gasteiger partial charge in [-0.05, 0) is 18.1 Å². The van der Waals surface area contributed by atoms with Crippen molar-refractivity contribution in [2.75, 3.05) is 11.9 Å². The minimum Gasteiger partial charge on any atom is -0.346 e. The molecule has 23 heavy (non-hydrogen) atoms. The lowest BCUT2D eigenvalue weighted by Gasteiger charge is -2.14. The number of carbonyl (C=O) groups excluding carboxylic acids is 2. The van der Waals surface area contributed by atoms with E-state index in [1.165, 1.54) is 0 Å². The Balaban J connectivity index is 1.87. The Labute approximate surface area is 134 Å². The summed E-state index contributed by atoms with van der Waals surface area (Å²) >= 11 is 0. The van der Waals surface area contributed by atoms with Crippen molar-refractivity contribution < 1.29 is 9.59 Å².